The number of quaternary nitrogens is 1. The van der Waals surface area contributed by atoms with Crippen LogP contribution in [0.3, 0.4) is 0 Å². The van der Waals surface area contributed by atoms with Gasteiger partial charge in [-0.05, 0) is 12.1 Å². The summed E-state index contributed by atoms with van der Waals surface area (Å²) in [5, 5.41) is 21.1. The normalized spacial score (nSPS) is 19.4. The second-order valence-corrected chi connectivity index (χ2v) is 7.21. The van der Waals surface area contributed by atoms with E-state index >= 15 is 0 Å². The van der Waals surface area contributed by atoms with E-state index in [0.717, 1.165) is 16.8 Å². The third kappa shape index (κ3) is 3.69. The van der Waals surface area contributed by atoms with E-state index in [0.29, 0.717) is 10.6 Å². The van der Waals surface area contributed by atoms with E-state index in [1.165, 1.54) is 18.4 Å². The highest BCUT2D eigenvalue weighted by molar-refractivity contribution is 7.22. The van der Waals surface area contributed by atoms with Gasteiger partial charge in [0.25, 0.3) is 0 Å². The van der Waals surface area contributed by atoms with Crippen molar-refractivity contribution >= 4 is 38.7 Å². The van der Waals surface area contributed by atoms with Crippen LogP contribution in [-0.4, -0.2) is 30.7 Å². The number of hydrogen-bond acceptors (Lipinski definition) is 6. The quantitative estimate of drug-likeness (QED) is 0.432. The molecule has 2 heterocycles. The van der Waals surface area contributed by atoms with E-state index in [2.05, 4.69) is 20.7 Å². The average Bonchev–Trinajstić information content (AvgIpc) is 3.25. The van der Waals surface area contributed by atoms with Gasteiger partial charge in [0.2, 0.25) is 0 Å². The molecule has 29 heavy (non-hydrogen) atoms. The maximum absolute atomic E-state index is 14.4. The maximum atomic E-state index is 14.4. The number of anilines is 1. The van der Waals surface area contributed by atoms with Gasteiger partial charge in [0.05, 0.1) is 29.4 Å². The number of rotatable bonds is 4. The van der Waals surface area contributed by atoms with Crippen molar-refractivity contribution < 1.29 is 28.4 Å². The first-order valence-electron chi connectivity index (χ1n) is 8.52. The summed E-state index contributed by atoms with van der Waals surface area (Å²) in [4.78, 5) is 16.4. The zero-order valence-electron chi connectivity index (χ0n) is 15.0. The molecule has 0 bridgehead atoms. The number of halogens is 2. The van der Waals surface area contributed by atoms with Crippen molar-refractivity contribution in [2.24, 2.45) is 5.10 Å². The summed E-state index contributed by atoms with van der Waals surface area (Å²) in [6, 6.07) is 6.78. The number of para-hydroxylation sites is 1. The highest BCUT2D eigenvalue weighted by Gasteiger charge is 2.42. The monoisotopic (exact) mass is 419 g/mol. The topological polar surface area (TPSA) is 103 Å². The molecule has 1 fully saturated rings. The lowest BCUT2D eigenvalue weighted by atomic mass is 10.1. The van der Waals surface area contributed by atoms with Gasteiger partial charge in [0, 0.05) is 12.1 Å². The summed E-state index contributed by atoms with van der Waals surface area (Å²) in [6.07, 6.45) is 0. The lowest BCUT2D eigenvalue weighted by Crippen LogP contribution is -3.09. The highest BCUT2D eigenvalue weighted by atomic mass is 32.1. The molecule has 1 aromatic heterocycles. The summed E-state index contributed by atoms with van der Waals surface area (Å²) in [6.45, 7) is -0.0771. The number of thiazole rings is 1. The van der Waals surface area contributed by atoms with E-state index in [4.69, 9.17) is 4.74 Å². The van der Waals surface area contributed by atoms with Crippen LogP contribution in [0, 0.1) is 11.6 Å². The van der Waals surface area contributed by atoms with Crippen LogP contribution in [0.5, 0.6) is 5.75 Å². The number of aromatic nitrogens is 1. The molecule has 1 saturated heterocycles. The Kier molecular flexibility index (Phi) is 4.99. The highest BCUT2D eigenvalue weighted by Crippen LogP contribution is 2.26. The lowest BCUT2D eigenvalue weighted by molar-refractivity contribution is -0.847. The SMILES string of the molecule is COc1cc(F)c([C@@H]2CNC(=O)[NH+]2N=C([O-])Nc2nc3ccccc3s2)c(F)c1. The second kappa shape index (κ2) is 7.60. The Bertz CT molecular complexity index is 1060. The van der Waals surface area contributed by atoms with Gasteiger partial charge in [-0.3, -0.25) is 5.32 Å². The number of benzene rings is 2. The van der Waals surface area contributed by atoms with Crippen molar-refractivity contribution in [1.82, 2.24) is 10.3 Å². The fraction of sp³-hybridized carbons (Fsp3) is 0.167. The fourth-order valence-electron chi connectivity index (χ4n) is 3.07. The van der Waals surface area contributed by atoms with Gasteiger partial charge in [-0.15, -0.1) is 5.01 Å². The van der Waals surface area contributed by atoms with Crippen molar-refractivity contribution in [2.45, 2.75) is 6.04 Å². The molecule has 1 aliphatic heterocycles. The summed E-state index contributed by atoms with van der Waals surface area (Å²) in [5.41, 5.74) is 0.356. The molecular weight excluding hydrogens is 404 g/mol. The number of nitrogens with one attached hydrogen (secondary N) is 3. The summed E-state index contributed by atoms with van der Waals surface area (Å²) < 4.78 is 34.6. The number of carbonyl (C=O) groups is 1. The molecule has 1 aliphatic rings. The summed E-state index contributed by atoms with van der Waals surface area (Å²) in [7, 11) is 1.29. The number of ether oxygens (including phenoxy) is 1. The minimum absolute atomic E-state index is 0.00750. The lowest BCUT2D eigenvalue weighted by Gasteiger charge is -2.17. The predicted molar refractivity (Wildman–Crippen MR) is 101 cm³/mol. The molecular formula is C18H15F2N5O3S. The van der Waals surface area contributed by atoms with Crippen LogP contribution in [-0.2, 0) is 0 Å². The number of methoxy groups -OCH3 is 1. The Labute approximate surface area is 167 Å². The fourth-order valence-corrected chi connectivity index (χ4v) is 3.93. The third-order valence-electron chi connectivity index (χ3n) is 4.40. The third-order valence-corrected chi connectivity index (χ3v) is 5.35. The average molecular weight is 419 g/mol. The van der Waals surface area contributed by atoms with Gasteiger partial charge in [-0.25, -0.2) is 18.6 Å². The smallest absolute Gasteiger partial charge is 0.442 e. The van der Waals surface area contributed by atoms with Crippen molar-refractivity contribution in [1.29, 1.82) is 0 Å². The summed E-state index contributed by atoms with van der Waals surface area (Å²) >= 11 is 1.24. The number of fused-ring (bicyclic) bond motifs is 1. The van der Waals surface area contributed by atoms with E-state index in [9.17, 15) is 18.7 Å². The Hall–Kier alpha value is -3.31. The Balaban J connectivity index is 1.61. The molecule has 3 N–H and O–H groups in total. The molecule has 0 spiro atoms. The van der Waals surface area contributed by atoms with Gasteiger partial charge < -0.3 is 15.2 Å². The zero-order chi connectivity index (χ0) is 20.5. The molecule has 11 heteroatoms. The van der Waals surface area contributed by atoms with Gasteiger partial charge in [-0.2, -0.15) is 0 Å². The number of nitrogens with zero attached hydrogens (tertiary/aromatic N) is 2. The first kappa shape index (κ1) is 19.0. The van der Waals surface area contributed by atoms with Gasteiger partial charge in [0.1, 0.15) is 23.4 Å². The first-order valence-corrected chi connectivity index (χ1v) is 9.34. The van der Waals surface area contributed by atoms with Gasteiger partial charge in [-0.1, -0.05) is 28.6 Å². The van der Waals surface area contributed by atoms with Crippen LogP contribution < -0.4 is 25.5 Å². The molecule has 2 atom stereocenters. The Morgan fingerprint density at radius 1 is 1.38 bits per heavy atom. The molecule has 4 rings (SSSR count). The van der Waals surface area contributed by atoms with E-state index in [1.54, 1.807) is 6.07 Å². The minimum Gasteiger partial charge on any atom is -0.842 e. The molecule has 0 aliphatic carbocycles. The van der Waals surface area contributed by atoms with Crippen LogP contribution in [0.25, 0.3) is 10.2 Å². The molecule has 0 radical (unpaired) electrons. The Morgan fingerprint density at radius 2 is 2.10 bits per heavy atom. The molecule has 2 aromatic carbocycles. The van der Waals surface area contributed by atoms with E-state index < -0.39 is 29.7 Å². The minimum atomic E-state index is -1.05. The molecule has 0 saturated carbocycles. The second-order valence-electron chi connectivity index (χ2n) is 6.18. The summed E-state index contributed by atoms with van der Waals surface area (Å²) in [5.74, 6) is -1.77. The maximum Gasteiger partial charge on any atom is 0.442 e. The van der Waals surface area contributed by atoms with Crippen LogP contribution >= 0.6 is 11.3 Å². The van der Waals surface area contributed by atoms with E-state index in [-0.39, 0.29) is 22.9 Å². The number of amidine groups is 1. The number of urea groups is 1. The van der Waals surface area contributed by atoms with Crippen LogP contribution in [0.4, 0.5) is 18.7 Å². The molecule has 2 amide bonds. The van der Waals surface area contributed by atoms with Crippen LogP contribution in [0.2, 0.25) is 0 Å². The number of amides is 2. The van der Waals surface area contributed by atoms with E-state index in [1.807, 2.05) is 18.2 Å². The zero-order valence-corrected chi connectivity index (χ0v) is 15.8. The number of hydrogen-bond donors (Lipinski definition) is 3. The van der Waals surface area contributed by atoms with Crippen molar-refractivity contribution in [3.05, 3.63) is 53.6 Å². The first-order chi connectivity index (χ1) is 14.0. The molecule has 150 valence electrons. The molecule has 8 nitrogen and oxygen atoms in total. The van der Waals surface area contributed by atoms with Crippen molar-refractivity contribution in [3.8, 4) is 5.75 Å². The standard InChI is InChI=1S/C18H15F2N5O3S/c1-28-9-6-10(19)15(11(20)7-9)13-8-21-18(27)25(13)24-16(26)23-17-22-12-4-2-3-5-14(12)29-17/h2-7,13H,8H2,1H3,(H,21,27)(H2,22,23,24,26)/t13-/m0/s1. The van der Waals surface area contributed by atoms with Crippen LogP contribution in [0.1, 0.15) is 11.6 Å². The molecule has 1 unspecified atom stereocenters. The largest absolute Gasteiger partial charge is 0.842 e. The number of carbonyl (C=O) groups excluding carboxylic acids is 1. The van der Waals surface area contributed by atoms with Crippen molar-refractivity contribution in [3.63, 3.8) is 0 Å². The van der Waals surface area contributed by atoms with Crippen LogP contribution in [0.15, 0.2) is 41.5 Å². The molecule has 3 aromatic rings. The van der Waals surface area contributed by atoms with Gasteiger partial charge in [0.15, 0.2) is 11.2 Å². The Morgan fingerprint density at radius 3 is 2.79 bits per heavy atom. The van der Waals surface area contributed by atoms with Gasteiger partial charge >= 0.3 is 6.03 Å². The predicted octanol–water partition coefficient (Wildman–Crippen LogP) is 0.976. The van der Waals surface area contributed by atoms with Crippen molar-refractivity contribution in [2.75, 3.05) is 19.0 Å².